The molecular formula is C8H8. The van der Waals surface area contributed by atoms with Crippen molar-refractivity contribution in [3.05, 3.63) is 22.8 Å². The lowest BCUT2D eigenvalue weighted by molar-refractivity contribution is 0.404. The van der Waals surface area contributed by atoms with Gasteiger partial charge in [-0.05, 0) is 22.6 Å². The molecule has 0 aromatic rings. The van der Waals surface area contributed by atoms with Gasteiger partial charge in [-0.25, -0.2) is 0 Å². The minimum atomic E-state index is 0.620. The third-order valence-electron chi connectivity index (χ3n) is 3.21. The number of rotatable bonds is 0. The van der Waals surface area contributed by atoms with Crippen molar-refractivity contribution in [3.63, 3.8) is 0 Å². The molecule has 0 aliphatic heterocycles. The molecule has 2 unspecified atom stereocenters. The van der Waals surface area contributed by atoms with Crippen molar-refractivity contribution < 1.29 is 0 Å². The Morgan fingerprint density at radius 3 is 2.50 bits per heavy atom. The van der Waals surface area contributed by atoms with Gasteiger partial charge in [0.1, 0.15) is 0 Å². The van der Waals surface area contributed by atoms with Crippen molar-refractivity contribution in [1.82, 2.24) is 0 Å². The molecule has 3 aliphatic carbocycles. The van der Waals surface area contributed by atoms with Crippen LogP contribution in [-0.4, -0.2) is 0 Å². The quantitative estimate of drug-likeness (QED) is 0.440. The average molecular weight is 104 g/mol. The van der Waals surface area contributed by atoms with Gasteiger partial charge in [-0.2, -0.15) is 0 Å². The Kier molecular flexibility index (Phi) is 0.249. The van der Waals surface area contributed by atoms with Crippen molar-refractivity contribution in [2.75, 3.05) is 0 Å². The molecule has 3 rings (SSSR count). The minimum absolute atomic E-state index is 0.620. The van der Waals surface area contributed by atoms with Crippen molar-refractivity contribution >= 4 is 0 Å². The van der Waals surface area contributed by atoms with E-state index in [9.17, 15) is 0 Å². The summed E-state index contributed by atoms with van der Waals surface area (Å²) in [6.45, 7) is 4.69. The second kappa shape index (κ2) is 0.570. The van der Waals surface area contributed by atoms with Gasteiger partial charge >= 0.3 is 0 Å². The van der Waals surface area contributed by atoms with E-state index in [-0.39, 0.29) is 0 Å². The van der Waals surface area contributed by atoms with E-state index in [1.807, 2.05) is 0 Å². The zero-order valence-electron chi connectivity index (χ0n) is 5.15. The van der Waals surface area contributed by atoms with Gasteiger partial charge in [0.15, 0.2) is 0 Å². The Morgan fingerprint density at radius 2 is 2.38 bits per heavy atom. The van der Waals surface area contributed by atoms with Crippen molar-refractivity contribution in [3.8, 4) is 0 Å². The fourth-order valence-electron chi connectivity index (χ4n) is 2.27. The van der Waals surface area contributed by atoms with Crippen LogP contribution < -0.4 is 0 Å². The Labute approximate surface area is 48.9 Å². The van der Waals surface area contributed by atoms with Crippen molar-refractivity contribution in [2.45, 2.75) is 13.8 Å². The zero-order chi connectivity index (χ0) is 5.52. The lowest BCUT2D eigenvalue weighted by Crippen LogP contribution is -2.22. The van der Waals surface area contributed by atoms with Gasteiger partial charge in [-0.3, -0.25) is 0 Å². The summed E-state index contributed by atoms with van der Waals surface area (Å²) in [4.78, 5) is 0. The SMILES string of the molecule is CC1C2=CC3=C2C31C. The zero-order valence-corrected chi connectivity index (χ0v) is 5.15. The van der Waals surface area contributed by atoms with E-state index in [0.29, 0.717) is 5.41 Å². The molecular weight excluding hydrogens is 96.1 g/mol. The summed E-state index contributed by atoms with van der Waals surface area (Å²) < 4.78 is 0. The largest absolute Gasteiger partial charge is 0.0572 e. The van der Waals surface area contributed by atoms with Crippen LogP contribution in [0.15, 0.2) is 22.8 Å². The van der Waals surface area contributed by atoms with Gasteiger partial charge < -0.3 is 0 Å². The Hall–Kier alpha value is -0.520. The molecule has 0 aromatic heterocycles. The Bertz CT molecular complexity index is 240. The van der Waals surface area contributed by atoms with E-state index >= 15 is 0 Å². The standard InChI is InChI=1S/C8H8/c1-4-5-3-6-7(5)8(4,6)2/h3-4H,1-2H3. The highest BCUT2D eigenvalue weighted by Crippen LogP contribution is 2.79. The first-order valence-electron chi connectivity index (χ1n) is 3.23. The summed E-state index contributed by atoms with van der Waals surface area (Å²) in [6.07, 6.45) is 2.36. The fraction of sp³-hybridized carbons (Fsp3) is 0.500. The third-order valence-corrected chi connectivity index (χ3v) is 3.21. The minimum Gasteiger partial charge on any atom is -0.0572 e. The summed E-state index contributed by atoms with van der Waals surface area (Å²) in [6, 6.07) is 0. The first-order valence-corrected chi connectivity index (χ1v) is 3.23. The number of hydrogen-bond donors (Lipinski definition) is 0. The van der Waals surface area contributed by atoms with E-state index in [2.05, 4.69) is 19.9 Å². The molecule has 0 heteroatoms. The van der Waals surface area contributed by atoms with Crippen LogP contribution in [0.3, 0.4) is 0 Å². The molecule has 0 nitrogen and oxygen atoms in total. The number of allylic oxidation sites excluding steroid dienone is 4. The molecule has 1 saturated carbocycles. The Balaban J connectivity index is 2.23. The van der Waals surface area contributed by atoms with E-state index in [1.54, 1.807) is 16.7 Å². The Morgan fingerprint density at radius 1 is 1.62 bits per heavy atom. The molecule has 0 amide bonds. The highest BCUT2D eigenvalue weighted by Gasteiger charge is 2.68. The van der Waals surface area contributed by atoms with E-state index in [1.165, 1.54) is 0 Å². The van der Waals surface area contributed by atoms with Gasteiger partial charge in [-0.15, -0.1) is 0 Å². The predicted molar refractivity (Wildman–Crippen MR) is 32.4 cm³/mol. The molecule has 0 spiro atoms. The van der Waals surface area contributed by atoms with Crippen molar-refractivity contribution in [2.24, 2.45) is 11.3 Å². The molecule has 0 aromatic carbocycles. The third kappa shape index (κ3) is 0.111. The highest BCUT2D eigenvalue weighted by atomic mass is 14.7. The van der Waals surface area contributed by atoms with Crippen LogP contribution in [0.25, 0.3) is 0 Å². The van der Waals surface area contributed by atoms with Crippen LogP contribution in [-0.2, 0) is 0 Å². The normalized spacial score (nSPS) is 53.8. The molecule has 0 radical (unpaired) electrons. The van der Waals surface area contributed by atoms with Crippen LogP contribution in [0.4, 0.5) is 0 Å². The maximum atomic E-state index is 2.36. The van der Waals surface area contributed by atoms with Gasteiger partial charge in [-0.1, -0.05) is 19.9 Å². The van der Waals surface area contributed by atoms with E-state index < -0.39 is 0 Å². The van der Waals surface area contributed by atoms with Crippen molar-refractivity contribution in [1.29, 1.82) is 0 Å². The monoisotopic (exact) mass is 104 g/mol. The summed E-state index contributed by atoms with van der Waals surface area (Å²) >= 11 is 0. The number of fused-ring (bicyclic) bond motifs is 1. The second-order valence-electron chi connectivity index (χ2n) is 3.31. The fourth-order valence-corrected chi connectivity index (χ4v) is 2.27. The summed E-state index contributed by atoms with van der Waals surface area (Å²) in [5.74, 6) is 0.882. The van der Waals surface area contributed by atoms with E-state index in [4.69, 9.17) is 0 Å². The van der Waals surface area contributed by atoms with Gasteiger partial charge in [0, 0.05) is 5.41 Å². The molecule has 0 bridgehead atoms. The first kappa shape index (κ1) is 3.49. The lowest BCUT2D eigenvalue weighted by Gasteiger charge is -2.30. The highest BCUT2D eigenvalue weighted by molar-refractivity contribution is 5.84. The van der Waals surface area contributed by atoms with Gasteiger partial charge in [0.05, 0.1) is 0 Å². The van der Waals surface area contributed by atoms with Gasteiger partial charge in [0.2, 0.25) is 0 Å². The van der Waals surface area contributed by atoms with Gasteiger partial charge in [0.25, 0.3) is 0 Å². The molecule has 0 heterocycles. The molecule has 1 fully saturated rings. The average Bonchev–Trinajstić information content (AvgIpc) is 1.80. The maximum Gasteiger partial charge on any atom is 0.0249 e. The molecule has 0 saturated heterocycles. The van der Waals surface area contributed by atoms with Crippen LogP contribution in [0.2, 0.25) is 0 Å². The lowest BCUT2D eigenvalue weighted by atomic mass is 9.72. The molecule has 3 aliphatic rings. The summed E-state index contributed by atoms with van der Waals surface area (Å²) in [5, 5.41) is 0. The number of hydrogen-bond acceptors (Lipinski definition) is 0. The molecule has 2 atom stereocenters. The van der Waals surface area contributed by atoms with Crippen LogP contribution in [0.1, 0.15) is 13.8 Å². The smallest absolute Gasteiger partial charge is 0.0249 e. The van der Waals surface area contributed by atoms with Crippen LogP contribution in [0.5, 0.6) is 0 Å². The first-order chi connectivity index (χ1) is 3.76. The summed E-state index contributed by atoms with van der Waals surface area (Å²) in [5.41, 5.74) is 5.66. The summed E-state index contributed by atoms with van der Waals surface area (Å²) in [7, 11) is 0. The second-order valence-corrected chi connectivity index (χ2v) is 3.31. The topological polar surface area (TPSA) is 0 Å². The van der Waals surface area contributed by atoms with Crippen LogP contribution in [0, 0.1) is 11.3 Å². The van der Waals surface area contributed by atoms with Crippen LogP contribution >= 0.6 is 0 Å². The molecule has 0 N–H and O–H groups in total. The van der Waals surface area contributed by atoms with E-state index in [0.717, 1.165) is 5.92 Å². The maximum absolute atomic E-state index is 2.36. The predicted octanol–water partition coefficient (Wildman–Crippen LogP) is 1.89. The molecule has 8 heavy (non-hydrogen) atoms. The molecule has 40 valence electrons.